The molecule has 3 aromatic rings. The van der Waals surface area contributed by atoms with Crippen molar-refractivity contribution < 1.29 is 28.8 Å². The zero-order chi connectivity index (χ0) is 25.0. The highest BCUT2D eigenvalue weighted by Gasteiger charge is 2.20. The molecule has 0 amide bonds. The minimum Gasteiger partial charge on any atom is -0.506 e. The number of phenolic OH excluding ortho intramolecular Hbond substituents is 3. The molecule has 0 fully saturated rings. The third kappa shape index (κ3) is 6.46. The molecule has 1 unspecified atom stereocenters. The molecule has 0 aliphatic rings. The van der Waals surface area contributed by atoms with Gasteiger partial charge in [-0.05, 0) is 53.1 Å². The highest BCUT2D eigenvalue weighted by atomic mass is 35.5. The lowest BCUT2D eigenvalue weighted by Gasteiger charge is -2.24. The second kappa shape index (κ2) is 10.7. The first-order valence-electron chi connectivity index (χ1n) is 10.1. The third-order valence-electron chi connectivity index (χ3n) is 5.22. The smallest absolute Gasteiger partial charge is 0.229 e. The van der Waals surface area contributed by atoms with Gasteiger partial charge in [-0.1, -0.05) is 41.4 Å². The van der Waals surface area contributed by atoms with Crippen LogP contribution in [0, 0.1) is 0 Å². The van der Waals surface area contributed by atoms with Crippen LogP contribution in [0.4, 0.5) is 5.69 Å². The van der Waals surface area contributed by atoms with Crippen LogP contribution in [0.25, 0.3) is 0 Å². The van der Waals surface area contributed by atoms with E-state index in [9.17, 15) is 28.8 Å². The maximum Gasteiger partial charge on any atom is 0.229 e. The predicted molar refractivity (Wildman–Crippen MR) is 132 cm³/mol. The number of hydrogen-bond acceptors (Lipinski definition) is 7. The van der Waals surface area contributed by atoms with E-state index in [0.717, 1.165) is 17.4 Å². The van der Waals surface area contributed by atoms with Gasteiger partial charge in [0.2, 0.25) is 10.0 Å². The van der Waals surface area contributed by atoms with Crippen LogP contribution in [-0.2, 0) is 10.0 Å². The summed E-state index contributed by atoms with van der Waals surface area (Å²) in [6, 6.07) is 13.3. The second-order valence-electron chi connectivity index (χ2n) is 7.77. The van der Waals surface area contributed by atoms with Gasteiger partial charge in [-0.15, -0.1) is 0 Å². The average molecular weight is 527 g/mol. The van der Waals surface area contributed by atoms with Gasteiger partial charge in [0.25, 0.3) is 0 Å². The van der Waals surface area contributed by atoms with Gasteiger partial charge < -0.3 is 25.7 Å². The first-order valence-corrected chi connectivity index (χ1v) is 12.7. The van der Waals surface area contributed by atoms with E-state index in [0.29, 0.717) is 5.56 Å². The number of hydrogen-bond donors (Lipinski definition) is 6. The third-order valence-corrected chi connectivity index (χ3v) is 6.41. The molecule has 0 aliphatic carbocycles. The number of aliphatic hydroxyl groups is 1. The summed E-state index contributed by atoms with van der Waals surface area (Å²) in [5.41, 5.74) is 2.03. The number of sulfonamides is 1. The van der Waals surface area contributed by atoms with E-state index in [4.69, 9.17) is 23.2 Å². The molecule has 3 rings (SSSR count). The number of rotatable bonds is 9. The Morgan fingerprint density at radius 3 is 1.79 bits per heavy atom. The van der Waals surface area contributed by atoms with Crippen LogP contribution in [-0.4, -0.2) is 48.3 Å². The van der Waals surface area contributed by atoms with Gasteiger partial charge in [-0.2, -0.15) is 0 Å². The fraction of sp³-hybridized carbons (Fsp3) is 0.217. The summed E-state index contributed by atoms with van der Waals surface area (Å²) in [5, 5.41) is 43.2. The number of aromatic hydroxyl groups is 3. The lowest BCUT2D eigenvalue weighted by atomic mass is 9.90. The molecule has 0 saturated heterocycles. The minimum absolute atomic E-state index is 0.00701. The fourth-order valence-electron chi connectivity index (χ4n) is 3.51. The van der Waals surface area contributed by atoms with Gasteiger partial charge >= 0.3 is 0 Å². The van der Waals surface area contributed by atoms with Gasteiger partial charge in [0.15, 0.2) is 0 Å². The number of nitrogens with one attached hydrogen (secondary N) is 2. The maximum atomic E-state index is 11.6. The molecule has 6 N–H and O–H groups in total. The molecule has 0 bridgehead atoms. The lowest BCUT2D eigenvalue weighted by molar-refractivity contribution is 0.243. The summed E-state index contributed by atoms with van der Waals surface area (Å²) in [7, 11) is -3.62. The minimum atomic E-state index is -3.62. The van der Waals surface area contributed by atoms with Crippen molar-refractivity contribution in [1.29, 1.82) is 0 Å². The Kier molecular flexibility index (Phi) is 8.17. The van der Waals surface area contributed by atoms with E-state index in [1.54, 1.807) is 30.3 Å². The molecule has 0 radical (unpaired) electrons. The lowest BCUT2D eigenvalue weighted by Crippen LogP contribution is -2.29. The quantitative estimate of drug-likeness (QED) is 0.232. The van der Waals surface area contributed by atoms with Gasteiger partial charge in [-0.3, -0.25) is 4.72 Å². The van der Waals surface area contributed by atoms with E-state index >= 15 is 0 Å². The maximum absolute atomic E-state index is 11.6. The van der Waals surface area contributed by atoms with E-state index < -0.39 is 16.1 Å². The Bertz CT molecular complexity index is 1230. The second-order valence-corrected chi connectivity index (χ2v) is 10.3. The van der Waals surface area contributed by atoms with Gasteiger partial charge in [-0.25, -0.2) is 8.42 Å². The molecular weight excluding hydrogens is 503 g/mol. The SMILES string of the molecule is CS(=O)(=O)Nc1cc(C(CO)NCC(c2ccc(O)c(Cl)c2)c2ccc(O)c(Cl)c2)ccc1O. The van der Waals surface area contributed by atoms with Crippen LogP contribution in [0.1, 0.15) is 28.7 Å². The van der Waals surface area contributed by atoms with Crippen molar-refractivity contribution in [3.05, 3.63) is 81.3 Å². The van der Waals surface area contributed by atoms with Crippen molar-refractivity contribution >= 4 is 38.9 Å². The number of halogens is 2. The number of benzene rings is 3. The molecule has 182 valence electrons. The summed E-state index contributed by atoms with van der Waals surface area (Å²) < 4.78 is 25.4. The molecule has 1 atom stereocenters. The zero-order valence-corrected chi connectivity index (χ0v) is 20.4. The Balaban J connectivity index is 1.92. The highest BCUT2D eigenvalue weighted by molar-refractivity contribution is 7.92. The van der Waals surface area contributed by atoms with Gasteiger partial charge in [0.1, 0.15) is 17.2 Å². The molecule has 3 aromatic carbocycles. The van der Waals surface area contributed by atoms with Crippen molar-refractivity contribution in [2.24, 2.45) is 0 Å². The summed E-state index contributed by atoms with van der Waals surface area (Å²) in [6.07, 6.45) is 0.969. The van der Waals surface area contributed by atoms with E-state index in [-0.39, 0.29) is 52.1 Å². The first-order chi connectivity index (χ1) is 16.0. The Labute approximate surface area is 207 Å². The van der Waals surface area contributed by atoms with Crippen LogP contribution < -0.4 is 10.0 Å². The van der Waals surface area contributed by atoms with Crippen LogP contribution in [0.15, 0.2) is 54.6 Å². The standard InChI is InChI=1S/C23H24Cl2N2O6S/c1-34(32,33)27-19-10-15(4-7-23(19)31)20(12-28)26-11-16(13-2-5-21(29)17(24)8-13)14-3-6-22(30)18(25)9-14/h2-10,16,20,26-31H,11-12H2,1H3. The largest absolute Gasteiger partial charge is 0.506 e. The summed E-state index contributed by atoms with van der Waals surface area (Å²) in [5.74, 6) is -0.717. The molecule has 11 heteroatoms. The van der Waals surface area contributed by atoms with E-state index in [2.05, 4.69) is 10.0 Å². The molecule has 0 spiro atoms. The van der Waals surface area contributed by atoms with Crippen molar-refractivity contribution in [2.75, 3.05) is 24.1 Å². The number of anilines is 1. The first kappa shape index (κ1) is 25.9. The Morgan fingerprint density at radius 2 is 1.32 bits per heavy atom. The van der Waals surface area contributed by atoms with Crippen molar-refractivity contribution in [1.82, 2.24) is 5.32 Å². The number of aliphatic hydroxyl groups excluding tert-OH is 1. The fourth-order valence-corrected chi connectivity index (χ4v) is 4.45. The van der Waals surface area contributed by atoms with Crippen LogP contribution in [0.2, 0.25) is 10.0 Å². The molecule has 0 heterocycles. The molecular formula is C23H24Cl2N2O6S. The van der Waals surface area contributed by atoms with Crippen molar-refractivity contribution in [2.45, 2.75) is 12.0 Å². The van der Waals surface area contributed by atoms with Crippen molar-refractivity contribution in [3.63, 3.8) is 0 Å². The topological polar surface area (TPSA) is 139 Å². The Morgan fingerprint density at radius 1 is 0.824 bits per heavy atom. The molecule has 34 heavy (non-hydrogen) atoms. The summed E-state index contributed by atoms with van der Waals surface area (Å²) in [4.78, 5) is 0. The average Bonchev–Trinajstić information content (AvgIpc) is 2.76. The molecule has 0 saturated carbocycles. The monoisotopic (exact) mass is 526 g/mol. The van der Waals surface area contributed by atoms with E-state index in [1.165, 1.54) is 24.3 Å². The van der Waals surface area contributed by atoms with Gasteiger partial charge in [0, 0.05) is 12.5 Å². The highest BCUT2D eigenvalue weighted by Crippen LogP contribution is 2.35. The van der Waals surface area contributed by atoms with Crippen LogP contribution in [0.3, 0.4) is 0 Å². The Hall–Kier alpha value is -2.69. The van der Waals surface area contributed by atoms with Crippen molar-refractivity contribution in [3.8, 4) is 17.2 Å². The summed E-state index contributed by atoms with van der Waals surface area (Å²) >= 11 is 12.2. The zero-order valence-electron chi connectivity index (χ0n) is 18.0. The van der Waals surface area contributed by atoms with E-state index in [1.807, 2.05) is 0 Å². The molecule has 0 aromatic heterocycles. The van der Waals surface area contributed by atoms with Crippen LogP contribution >= 0.6 is 23.2 Å². The molecule has 0 aliphatic heterocycles. The normalized spacial score (nSPS) is 12.6. The van der Waals surface area contributed by atoms with Crippen LogP contribution in [0.5, 0.6) is 17.2 Å². The molecule has 8 nitrogen and oxygen atoms in total. The predicted octanol–water partition coefficient (Wildman–Crippen LogP) is 3.94. The van der Waals surface area contributed by atoms with Gasteiger partial charge in [0.05, 0.1) is 34.6 Å². The number of phenols is 3. The summed E-state index contributed by atoms with van der Waals surface area (Å²) in [6.45, 7) is -0.0361.